The van der Waals surface area contributed by atoms with Gasteiger partial charge in [0.25, 0.3) is 0 Å². The van der Waals surface area contributed by atoms with Gasteiger partial charge in [-0.25, -0.2) is 9.59 Å². The molecule has 0 saturated carbocycles. The molecule has 2 aliphatic rings. The Labute approximate surface area is 147 Å². The minimum Gasteiger partial charge on any atom is -0.460 e. The Morgan fingerprint density at radius 3 is 2.28 bits per heavy atom. The second-order valence-electron chi connectivity index (χ2n) is 6.59. The number of nitrogens with zero attached hydrogens (tertiary/aromatic N) is 1. The summed E-state index contributed by atoms with van der Waals surface area (Å²) < 4.78 is 10.3. The van der Waals surface area contributed by atoms with E-state index in [4.69, 9.17) is 9.47 Å². The second-order valence-corrected chi connectivity index (χ2v) is 6.59. The van der Waals surface area contributed by atoms with Gasteiger partial charge in [-0.15, -0.1) is 0 Å². The van der Waals surface area contributed by atoms with Gasteiger partial charge in [-0.3, -0.25) is 4.79 Å². The van der Waals surface area contributed by atoms with Crippen molar-refractivity contribution in [1.82, 2.24) is 4.90 Å². The fraction of sp³-hybridized carbons (Fsp3) is 0.526. The first kappa shape index (κ1) is 17.5. The fourth-order valence-corrected chi connectivity index (χ4v) is 3.85. The van der Waals surface area contributed by atoms with Crippen LogP contribution < -0.4 is 0 Å². The standard InChI is InChI=1S/C19H23NO5/c1-2-24-18(22)17(21)14-10-15-8-9-16(11-14)20(15)19(23)25-12-13-6-4-3-5-7-13/h3-7,14-16H,2,8-12H2,1H3. The van der Waals surface area contributed by atoms with E-state index in [1.54, 1.807) is 11.8 Å². The zero-order valence-corrected chi connectivity index (χ0v) is 14.3. The van der Waals surface area contributed by atoms with Crippen LogP contribution >= 0.6 is 0 Å². The topological polar surface area (TPSA) is 72.9 Å². The molecule has 1 amide bonds. The molecule has 0 spiro atoms. The number of amides is 1. The van der Waals surface area contributed by atoms with Crippen molar-refractivity contribution in [3.63, 3.8) is 0 Å². The van der Waals surface area contributed by atoms with E-state index in [1.165, 1.54) is 0 Å². The predicted molar refractivity (Wildman–Crippen MR) is 89.6 cm³/mol. The number of ketones is 1. The Hall–Kier alpha value is -2.37. The molecule has 6 heteroatoms. The number of benzene rings is 1. The molecule has 25 heavy (non-hydrogen) atoms. The normalized spacial score (nSPS) is 24.7. The van der Waals surface area contributed by atoms with Crippen molar-refractivity contribution in [1.29, 1.82) is 0 Å². The van der Waals surface area contributed by atoms with Crippen LogP contribution in [0, 0.1) is 5.92 Å². The SMILES string of the molecule is CCOC(=O)C(=O)C1CC2CCC(C1)N2C(=O)OCc1ccccc1. The average molecular weight is 345 g/mol. The molecule has 0 N–H and O–H groups in total. The third-order valence-corrected chi connectivity index (χ3v) is 5.00. The van der Waals surface area contributed by atoms with Crippen LogP contribution in [0.3, 0.4) is 0 Å². The third-order valence-electron chi connectivity index (χ3n) is 5.00. The zero-order chi connectivity index (χ0) is 17.8. The molecule has 2 unspecified atom stereocenters. The highest BCUT2D eigenvalue weighted by molar-refractivity contribution is 6.34. The van der Waals surface area contributed by atoms with Gasteiger partial charge in [0.15, 0.2) is 0 Å². The third kappa shape index (κ3) is 3.83. The summed E-state index contributed by atoms with van der Waals surface area (Å²) in [5.74, 6) is -1.57. The molecule has 0 aromatic heterocycles. The van der Waals surface area contributed by atoms with Gasteiger partial charge in [0.2, 0.25) is 5.78 Å². The van der Waals surface area contributed by atoms with E-state index in [1.807, 2.05) is 30.3 Å². The summed E-state index contributed by atoms with van der Waals surface area (Å²) in [5.41, 5.74) is 0.940. The molecule has 6 nitrogen and oxygen atoms in total. The first-order chi connectivity index (χ1) is 12.1. The van der Waals surface area contributed by atoms with Crippen molar-refractivity contribution in [3.05, 3.63) is 35.9 Å². The largest absolute Gasteiger partial charge is 0.460 e. The Morgan fingerprint density at radius 1 is 1.04 bits per heavy atom. The Bertz CT molecular complexity index is 630. The quantitative estimate of drug-likeness (QED) is 0.606. The van der Waals surface area contributed by atoms with Crippen LogP contribution in [-0.4, -0.2) is 41.4 Å². The number of esters is 1. The lowest BCUT2D eigenvalue weighted by atomic mass is 9.87. The maximum absolute atomic E-state index is 12.5. The molecule has 2 aliphatic heterocycles. The van der Waals surface area contributed by atoms with E-state index in [9.17, 15) is 14.4 Å². The highest BCUT2D eigenvalue weighted by Crippen LogP contribution is 2.39. The van der Waals surface area contributed by atoms with Gasteiger partial charge < -0.3 is 14.4 Å². The van der Waals surface area contributed by atoms with Gasteiger partial charge >= 0.3 is 12.1 Å². The number of ether oxygens (including phenoxy) is 2. The van der Waals surface area contributed by atoms with Crippen molar-refractivity contribution in [2.24, 2.45) is 5.92 Å². The summed E-state index contributed by atoms with van der Waals surface area (Å²) in [6, 6.07) is 9.46. The molecule has 2 saturated heterocycles. The number of fused-ring (bicyclic) bond motifs is 2. The van der Waals surface area contributed by atoms with Crippen LogP contribution in [0.25, 0.3) is 0 Å². The van der Waals surface area contributed by atoms with Crippen molar-refractivity contribution in [3.8, 4) is 0 Å². The van der Waals surface area contributed by atoms with Crippen LogP contribution in [0.2, 0.25) is 0 Å². The summed E-state index contributed by atoms with van der Waals surface area (Å²) in [6.45, 7) is 2.11. The van der Waals surface area contributed by atoms with Crippen LogP contribution in [-0.2, 0) is 25.7 Å². The predicted octanol–water partition coefficient (Wildman–Crippen LogP) is 2.70. The highest BCUT2D eigenvalue weighted by atomic mass is 16.6. The summed E-state index contributed by atoms with van der Waals surface area (Å²) >= 11 is 0. The van der Waals surface area contributed by atoms with Crippen molar-refractivity contribution >= 4 is 17.8 Å². The van der Waals surface area contributed by atoms with E-state index in [0.717, 1.165) is 18.4 Å². The van der Waals surface area contributed by atoms with Gasteiger partial charge in [0.1, 0.15) is 6.61 Å². The summed E-state index contributed by atoms with van der Waals surface area (Å²) in [5, 5.41) is 0. The van der Waals surface area contributed by atoms with Crippen LogP contribution in [0.4, 0.5) is 4.79 Å². The molecule has 2 fully saturated rings. The van der Waals surface area contributed by atoms with E-state index >= 15 is 0 Å². The number of hydrogen-bond acceptors (Lipinski definition) is 5. The number of carbonyl (C=O) groups excluding carboxylic acids is 3. The zero-order valence-electron chi connectivity index (χ0n) is 14.3. The Balaban J connectivity index is 1.58. The van der Waals surface area contributed by atoms with Gasteiger partial charge in [-0.05, 0) is 38.2 Å². The van der Waals surface area contributed by atoms with Crippen LogP contribution in [0.5, 0.6) is 0 Å². The molecular formula is C19H23NO5. The average Bonchev–Trinajstić information content (AvgIpc) is 2.90. The molecule has 3 rings (SSSR count). The minimum absolute atomic E-state index is 0.0367. The fourth-order valence-electron chi connectivity index (χ4n) is 3.85. The lowest BCUT2D eigenvalue weighted by Crippen LogP contribution is -2.49. The first-order valence-corrected chi connectivity index (χ1v) is 8.80. The van der Waals surface area contributed by atoms with E-state index in [2.05, 4.69) is 0 Å². The minimum atomic E-state index is -0.757. The molecule has 2 heterocycles. The molecule has 134 valence electrons. The molecule has 1 aromatic rings. The molecule has 2 atom stereocenters. The first-order valence-electron chi connectivity index (χ1n) is 8.80. The van der Waals surface area contributed by atoms with Gasteiger partial charge in [-0.1, -0.05) is 30.3 Å². The molecule has 2 bridgehead atoms. The molecule has 0 radical (unpaired) electrons. The van der Waals surface area contributed by atoms with Gasteiger partial charge in [0.05, 0.1) is 6.61 Å². The van der Waals surface area contributed by atoms with E-state index in [0.29, 0.717) is 12.8 Å². The summed E-state index contributed by atoms with van der Waals surface area (Å²) in [6.07, 6.45) is 2.37. The van der Waals surface area contributed by atoms with Crippen molar-refractivity contribution < 1.29 is 23.9 Å². The van der Waals surface area contributed by atoms with Crippen molar-refractivity contribution in [2.75, 3.05) is 6.61 Å². The van der Waals surface area contributed by atoms with E-state index in [-0.39, 0.29) is 37.3 Å². The molecule has 1 aromatic carbocycles. The lowest BCUT2D eigenvalue weighted by molar-refractivity contribution is -0.156. The number of Topliss-reactive ketones (excluding diaryl/α,β-unsaturated/α-hetero) is 1. The number of rotatable bonds is 5. The smallest absolute Gasteiger partial charge is 0.410 e. The van der Waals surface area contributed by atoms with Gasteiger partial charge in [0, 0.05) is 18.0 Å². The second kappa shape index (κ2) is 7.68. The van der Waals surface area contributed by atoms with Crippen LogP contribution in [0.1, 0.15) is 38.2 Å². The van der Waals surface area contributed by atoms with Gasteiger partial charge in [-0.2, -0.15) is 0 Å². The lowest BCUT2D eigenvalue weighted by Gasteiger charge is -2.37. The summed E-state index contributed by atoms with van der Waals surface area (Å²) in [4.78, 5) is 38.1. The monoisotopic (exact) mass is 345 g/mol. The number of carbonyl (C=O) groups is 3. The number of hydrogen-bond donors (Lipinski definition) is 0. The van der Waals surface area contributed by atoms with E-state index < -0.39 is 11.8 Å². The van der Waals surface area contributed by atoms with Crippen LogP contribution in [0.15, 0.2) is 30.3 Å². The summed E-state index contributed by atoms with van der Waals surface area (Å²) in [7, 11) is 0. The maximum Gasteiger partial charge on any atom is 0.410 e. The Morgan fingerprint density at radius 2 is 1.68 bits per heavy atom. The highest BCUT2D eigenvalue weighted by Gasteiger charge is 2.47. The number of piperidine rings is 1. The molecule has 0 aliphatic carbocycles. The maximum atomic E-state index is 12.5. The van der Waals surface area contributed by atoms with Crippen molar-refractivity contribution in [2.45, 2.75) is 51.3 Å². The molecular weight excluding hydrogens is 322 g/mol. The Kier molecular flexibility index (Phi) is 5.36.